The molecule has 7 aromatic rings. The lowest BCUT2D eigenvalue weighted by molar-refractivity contribution is 0.658. The largest absolute Gasteiger partial charge is 0.454 e. The summed E-state index contributed by atoms with van der Waals surface area (Å²) in [5.41, 5.74) is 7.53. The summed E-state index contributed by atoms with van der Waals surface area (Å²) in [5.74, 6) is 0.374. The average Bonchev–Trinajstić information content (AvgIpc) is 3.34. The van der Waals surface area contributed by atoms with Crippen molar-refractivity contribution in [1.29, 1.82) is 0 Å². The van der Waals surface area contributed by atoms with Crippen LogP contribution in [0.2, 0.25) is 0 Å². The quantitative estimate of drug-likeness (QED) is 0.273. The third kappa shape index (κ3) is 3.48. The summed E-state index contributed by atoms with van der Waals surface area (Å²) in [6.07, 6.45) is 0. The van der Waals surface area contributed by atoms with Crippen LogP contribution in [0.1, 0.15) is 25.3 Å². The van der Waals surface area contributed by atoms with Crippen molar-refractivity contribution in [2.45, 2.75) is 19.8 Å². The van der Waals surface area contributed by atoms with Gasteiger partial charge in [0.2, 0.25) is 0 Å². The van der Waals surface area contributed by atoms with Crippen LogP contribution in [0, 0.1) is 0 Å². The zero-order chi connectivity index (χ0) is 24.9. The fourth-order valence-corrected chi connectivity index (χ4v) is 5.65. The topological polar surface area (TPSA) is 25.2 Å². The third-order valence-corrected chi connectivity index (χ3v) is 7.42. The van der Waals surface area contributed by atoms with Crippen LogP contribution in [0.3, 0.4) is 0 Å². The number of rotatable bonds is 4. The van der Waals surface area contributed by atoms with Crippen molar-refractivity contribution in [2.24, 2.45) is 0 Å². The molecule has 0 aliphatic heterocycles. The van der Waals surface area contributed by atoms with E-state index in [9.17, 15) is 0 Å². The lowest BCUT2D eigenvalue weighted by Crippen LogP contribution is -1.95. The fourth-order valence-electron chi connectivity index (χ4n) is 5.65. The molecule has 0 aliphatic carbocycles. The van der Waals surface area contributed by atoms with E-state index in [1.807, 2.05) is 0 Å². The van der Waals surface area contributed by atoms with Gasteiger partial charge >= 0.3 is 0 Å². The van der Waals surface area contributed by atoms with Gasteiger partial charge in [-0.1, -0.05) is 117 Å². The van der Waals surface area contributed by atoms with E-state index >= 15 is 0 Å². The van der Waals surface area contributed by atoms with Gasteiger partial charge in [0, 0.05) is 22.0 Å². The predicted octanol–water partition coefficient (Wildman–Crippen LogP) is 10.4. The van der Waals surface area contributed by atoms with Crippen molar-refractivity contribution in [3.8, 4) is 11.1 Å². The first-order valence-corrected chi connectivity index (χ1v) is 12.9. The predicted molar refractivity (Wildman–Crippen MR) is 158 cm³/mol. The van der Waals surface area contributed by atoms with E-state index in [1.54, 1.807) is 0 Å². The second-order valence-corrected chi connectivity index (χ2v) is 10.0. The number of hydrogen-bond donors (Lipinski definition) is 1. The third-order valence-electron chi connectivity index (χ3n) is 7.42. The van der Waals surface area contributed by atoms with Crippen LogP contribution in [0.5, 0.6) is 0 Å². The maximum atomic E-state index is 6.71. The normalized spacial score (nSPS) is 11.8. The van der Waals surface area contributed by atoms with E-state index in [1.165, 1.54) is 49.0 Å². The second-order valence-electron chi connectivity index (χ2n) is 10.0. The van der Waals surface area contributed by atoms with E-state index in [2.05, 4.69) is 134 Å². The van der Waals surface area contributed by atoms with Gasteiger partial charge in [0.25, 0.3) is 0 Å². The zero-order valence-electron chi connectivity index (χ0n) is 21.0. The summed E-state index contributed by atoms with van der Waals surface area (Å²) in [7, 11) is 0. The minimum Gasteiger partial charge on any atom is -0.454 e. The van der Waals surface area contributed by atoms with Crippen molar-refractivity contribution in [1.82, 2.24) is 0 Å². The number of furan rings is 1. The van der Waals surface area contributed by atoms with Crippen molar-refractivity contribution >= 4 is 54.9 Å². The second kappa shape index (κ2) is 8.53. The molecule has 0 radical (unpaired) electrons. The van der Waals surface area contributed by atoms with Gasteiger partial charge in [0.15, 0.2) is 5.58 Å². The van der Waals surface area contributed by atoms with E-state index in [0.29, 0.717) is 5.92 Å². The van der Waals surface area contributed by atoms with Crippen LogP contribution >= 0.6 is 0 Å². The molecule has 0 aliphatic rings. The molecule has 0 spiro atoms. The van der Waals surface area contributed by atoms with Crippen molar-refractivity contribution < 1.29 is 4.42 Å². The fraction of sp³-hybridized carbons (Fsp3) is 0.0857. The van der Waals surface area contributed by atoms with Gasteiger partial charge in [-0.05, 0) is 50.7 Å². The number of fused-ring (bicyclic) bond motifs is 6. The molecule has 7 rings (SSSR count). The van der Waals surface area contributed by atoms with Crippen LogP contribution in [0.25, 0.3) is 54.6 Å². The average molecular weight is 478 g/mol. The molecule has 1 N–H and O–H groups in total. The summed E-state index contributed by atoms with van der Waals surface area (Å²) >= 11 is 0. The maximum absolute atomic E-state index is 6.71. The number of hydrogen-bond acceptors (Lipinski definition) is 2. The molecule has 1 aromatic heterocycles. The van der Waals surface area contributed by atoms with Crippen LogP contribution < -0.4 is 5.32 Å². The van der Waals surface area contributed by atoms with Gasteiger partial charge in [0.05, 0.1) is 5.69 Å². The molecule has 1 heterocycles. The maximum Gasteiger partial charge on any atom is 0.159 e. The summed E-state index contributed by atoms with van der Waals surface area (Å²) in [5, 5.41) is 11.0. The molecule has 0 unspecified atom stereocenters. The minimum absolute atomic E-state index is 0.374. The first-order chi connectivity index (χ1) is 18.2. The molecule has 0 fully saturated rings. The summed E-state index contributed by atoms with van der Waals surface area (Å²) in [6.45, 7) is 4.44. The molecule has 2 heteroatoms. The molecular formula is C35H27NO. The highest BCUT2D eigenvalue weighted by Crippen LogP contribution is 2.43. The van der Waals surface area contributed by atoms with Gasteiger partial charge < -0.3 is 9.73 Å². The molecule has 178 valence electrons. The zero-order valence-corrected chi connectivity index (χ0v) is 21.0. The van der Waals surface area contributed by atoms with Crippen LogP contribution in [0.15, 0.2) is 120 Å². The van der Waals surface area contributed by atoms with E-state index in [-0.39, 0.29) is 0 Å². The lowest BCUT2D eigenvalue weighted by atomic mass is 9.96. The van der Waals surface area contributed by atoms with Gasteiger partial charge in [-0.3, -0.25) is 0 Å². The number of para-hydroxylation sites is 2. The Morgan fingerprint density at radius 1 is 0.541 bits per heavy atom. The Morgan fingerprint density at radius 2 is 1.19 bits per heavy atom. The molecule has 0 saturated carbocycles. The minimum atomic E-state index is 0.374. The summed E-state index contributed by atoms with van der Waals surface area (Å²) < 4.78 is 6.71. The van der Waals surface area contributed by atoms with E-state index in [4.69, 9.17) is 4.42 Å². The Balaban J connectivity index is 1.49. The summed E-state index contributed by atoms with van der Waals surface area (Å²) in [4.78, 5) is 0. The molecule has 2 nitrogen and oxygen atoms in total. The molecule has 0 saturated heterocycles. The van der Waals surface area contributed by atoms with Crippen molar-refractivity contribution in [3.63, 3.8) is 0 Å². The van der Waals surface area contributed by atoms with Gasteiger partial charge in [0.1, 0.15) is 5.58 Å². The van der Waals surface area contributed by atoms with Gasteiger partial charge in [-0.15, -0.1) is 0 Å². The van der Waals surface area contributed by atoms with Crippen LogP contribution in [-0.2, 0) is 0 Å². The highest BCUT2D eigenvalue weighted by molar-refractivity contribution is 6.23. The molecule has 0 atom stereocenters. The lowest BCUT2D eigenvalue weighted by Gasteiger charge is -2.15. The molecule has 0 bridgehead atoms. The van der Waals surface area contributed by atoms with E-state index < -0.39 is 0 Å². The van der Waals surface area contributed by atoms with Gasteiger partial charge in [-0.2, -0.15) is 0 Å². The van der Waals surface area contributed by atoms with Crippen molar-refractivity contribution in [3.05, 3.63) is 121 Å². The van der Waals surface area contributed by atoms with Gasteiger partial charge in [-0.25, -0.2) is 0 Å². The standard InChI is InChI=1S/C35H27NO/c1-22(2)25-17-10-19-30-33-27-15-6-4-12-24(27)21-32(35(33)37-34(25)30)36-31-20-8-7-16-29(31)28-18-9-13-23-11-3-5-14-26(23)28/h3-22,36H,1-2H3. The molecular weight excluding hydrogens is 450 g/mol. The Kier molecular flexibility index (Phi) is 5.00. The van der Waals surface area contributed by atoms with Crippen LogP contribution in [-0.4, -0.2) is 0 Å². The van der Waals surface area contributed by atoms with Crippen molar-refractivity contribution in [2.75, 3.05) is 5.32 Å². The molecule has 0 amide bonds. The Hall–Kier alpha value is -4.56. The molecule has 6 aromatic carbocycles. The Labute approximate surface area is 216 Å². The highest BCUT2D eigenvalue weighted by atomic mass is 16.3. The Morgan fingerprint density at radius 3 is 2.05 bits per heavy atom. The van der Waals surface area contributed by atoms with E-state index in [0.717, 1.165) is 22.5 Å². The SMILES string of the molecule is CC(C)c1cccc2c1oc1c(Nc3ccccc3-c3cccc4ccccc34)cc3ccccc3c12. The number of anilines is 2. The number of benzene rings is 6. The first-order valence-electron chi connectivity index (χ1n) is 12.9. The number of nitrogens with one attached hydrogen (secondary N) is 1. The Bertz CT molecular complexity index is 1940. The summed E-state index contributed by atoms with van der Waals surface area (Å²) in [6, 6.07) is 40.9. The first kappa shape index (κ1) is 21.7. The smallest absolute Gasteiger partial charge is 0.159 e. The molecule has 37 heavy (non-hydrogen) atoms. The highest BCUT2D eigenvalue weighted by Gasteiger charge is 2.19. The van der Waals surface area contributed by atoms with Crippen LogP contribution in [0.4, 0.5) is 11.4 Å². The monoisotopic (exact) mass is 477 g/mol.